The molecule has 0 spiro atoms. The van der Waals surface area contributed by atoms with Gasteiger partial charge in [-0.2, -0.15) is 0 Å². The van der Waals surface area contributed by atoms with Gasteiger partial charge in [0.2, 0.25) is 0 Å². The van der Waals surface area contributed by atoms with Crippen molar-refractivity contribution in [2.45, 2.75) is 65.2 Å². The van der Waals surface area contributed by atoms with E-state index in [1.54, 1.807) is 0 Å². The van der Waals surface area contributed by atoms with Crippen molar-refractivity contribution in [2.75, 3.05) is 13.2 Å². The highest BCUT2D eigenvalue weighted by Crippen LogP contribution is 2.64. The van der Waals surface area contributed by atoms with Gasteiger partial charge in [-0.3, -0.25) is 9.59 Å². The Hall–Kier alpha value is -1.23. The third kappa shape index (κ3) is 2.57. The molecule has 4 saturated carbocycles. The molecule has 0 bridgehead atoms. The van der Waals surface area contributed by atoms with E-state index in [1.165, 1.54) is 0 Å². The lowest BCUT2D eigenvalue weighted by atomic mass is 9.45. The number of nitrogens with zero attached hydrogens (tertiary/aromatic N) is 1. The second kappa shape index (κ2) is 6.43. The Morgan fingerprint density at radius 1 is 1.12 bits per heavy atom. The predicted molar refractivity (Wildman–Crippen MR) is 99.6 cm³/mol. The average Bonchev–Trinajstić information content (AvgIpc) is 2.92. The van der Waals surface area contributed by atoms with Gasteiger partial charge in [-0.25, -0.2) is 0 Å². The average molecular weight is 360 g/mol. The Kier molecular flexibility index (Phi) is 4.49. The third-order valence-corrected chi connectivity index (χ3v) is 8.42. The van der Waals surface area contributed by atoms with Crippen molar-refractivity contribution < 1.29 is 14.4 Å². The van der Waals surface area contributed by atoms with Gasteiger partial charge in [-0.05, 0) is 61.7 Å². The number of hydrogen-bond donors (Lipinski definition) is 1. The monoisotopic (exact) mass is 360 g/mol. The van der Waals surface area contributed by atoms with Gasteiger partial charge in [-0.1, -0.05) is 19.0 Å². The van der Waals surface area contributed by atoms with E-state index >= 15 is 0 Å². The lowest BCUT2D eigenvalue weighted by molar-refractivity contribution is -0.154. The zero-order valence-corrected chi connectivity index (χ0v) is 16.1. The Morgan fingerprint density at radius 3 is 2.69 bits per heavy atom. The normalized spacial score (nSPS) is 46.7. The maximum absolute atomic E-state index is 13.2. The van der Waals surface area contributed by atoms with Crippen LogP contribution in [-0.2, 0) is 14.4 Å². The smallest absolute Gasteiger partial charge is 0.139 e. The molecule has 0 aromatic heterocycles. The molecule has 0 aromatic carbocycles. The number of rotatable bonds is 3. The molecule has 0 saturated heterocycles. The van der Waals surface area contributed by atoms with Gasteiger partial charge < -0.3 is 10.6 Å². The number of Topliss-reactive ketones (excluding diaryl/α,β-unsaturated/α-hetero) is 2. The third-order valence-electron chi connectivity index (χ3n) is 8.42. The molecule has 5 heteroatoms. The number of carbonyl (C=O) groups is 2. The molecule has 0 aromatic rings. The summed E-state index contributed by atoms with van der Waals surface area (Å²) in [5, 5.41) is 4.28. The van der Waals surface area contributed by atoms with Crippen LogP contribution in [-0.4, -0.2) is 30.4 Å². The number of hydrogen-bond acceptors (Lipinski definition) is 5. The van der Waals surface area contributed by atoms with E-state index in [-0.39, 0.29) is 22.7 Å². The van der Waals surface area contributed by atoms with E-state index in [1.807, 2.05) is 0 Å². The summed E-state index contributed by atoms with van der Waals surface area (Å²) in [5.41, 5.74) is 6.50. The first-order chi connectivity index (χ1) is 12.4. The molecule has 2 N–H and O–H groups in total. The fraction of sp³-hybridized carbons (Fsp3) is 0.857. The SMILES string of the molecule is C[C@]12CC/C(=N/OCCN)CC1CC(=O)[C@@H]1[C@@H]2CC[C@]2(C)C(=O)CC[C@@H]12. The molecule has 4 rings (SSSR count). The Balaban J connectivity index is 1.57. The number of carbonyl (C=O) groups excluding carboxylic acids is 2. The van der Waals surface area contributed by atoms with Crippen LogP contribution >= 0.6 is 0 Å². The summed E-state index contributed by atoms with van der Waals surface area (Å²) < 4.78 is 0. The molecular weight excluding hydrogens is 328 g/mol. The first-order valence-corrected chi connectivity index (χ1v) is 10.3. The Bertz CT molecular complexity index is 645. The minimum atomic E-state index is -0.239. The van der Waals surface area contributed by atoms with E-state index in [0.29, 0.717) is 49.4 Å². The molecule has 0 amide bonds. The van der Waals surface area contributed by atoms with Gasteiger partial charge >= 0.3 is 0 Å². The highest BCUT2D eigenvalue weighted by molar-refractivity contribution is 5.91. The zero-order chi connectivity index (χ0) is 18.5. The first kappa shape index (κ1) is 18.1. The molecule has 4 aliphatic rings. The Labute approximate surface area is 156 Å². The number of fused-ring (bicyclic) bond motifs is 5. The van der Waals surface area contributed by atoms with Crippen LogP contribution in [0.1, 0.15) is 65.2 Å². The van der Waals surface area contributed by atoms with Crippen LogP contribution in [0.3, 0.4) is 0 Å². The van der Waals surface area contributed by atoms with E-state index < -0.39 is 0 Å². The summed E-state index contributed by atoms with van der Waals surface area (Å²) in [4.78, 5) is 31.0. The van der Waals surface area contributed by atoms with Crippen molar-refractivity contribution in [3.8, 4) is 0 Å². The van der Waals surface area contributed by atoms with Crippen LogP contribution in [0.25, 0.3) is 0 Å². The fourth-order valence-electron chi connectivity index (χ4n) is 6.78. The largest absolute Gasteiger partial charge is 0.395 e. The molecule has 4 fully saturated rings. The maximum atomic E-state index is 13.2. The second-order valence-electron chi connectivity index (χ2n) is 9.51. The molecule has 26 heavy (non-hydrogen) atoms. The van der Waals surface area contributed by atoms with E-state index in [2.05, 4.69) is 19.0 Å². The quantitative estimate of drug-likeness (QED) is 0.619. The van der Waals surface area contributed by atoms with Crippen LogP contribution in [0, 0.1) is 34.5 Å². The molecule has 0 radical (unpaired) electrons. The lowest BCUT2D eigenvalue weighted by Crippen LogP contribution is -2.57. The lowest BCUT2D eigenvalue weighted by Gasteiger charge is -2.58. The summed E-state index contributed by atoms with van der Waals surface area (Å²) in [5.74, 6) is 2.00. The molecule has 4 aliphatic carbocycles. The molecular formula is C21H32N2O3. The van der Waals surface area contributed by atoms with Crippen molar-refractivity contribution in [2.24, 2.45) is 45.4 Å². The van der Waals surface area contributed by atoms with E-state index in [4.69, 9.17) is 10.6 Å². The van der Waals surface area contributed by atoms with Crippen molar-refractivity contribution in [1.29, 1.82) is 0 Å². The maximum Gasteiger partial charge on any atom is 0.139 e. The molecule has 0 heterocycles. The van der Waals surface area contributed by atoms with Crippen LogP contribution < -0.4 is 5.73 Å². The molecule has 1 unspecified atom stereocenters. The van der Waals surface area contributed by atoms with Crippen molar-refractivity contribution in [3.05, 3.63) is 0 Å². The van der Waals surface area contributed by atoms with Crippen LogP contribution in [0.2, 0.25) is 0 Å². The minimum Gasteiger partial charge on any atom is -0.395 e. The van der Waals surface area contributed by atoms with Gasteiger partial charge in [0.05, 0.1) is 5.71 Å². The standard InChI is InChI=1S/C21H32N2O3/c1-20-7-5-14(23-26-10-9-22)11-13(20)12-17(24)19-15-3-4-18(25)21(15,2)8-6-16(19)20/h13,15-16,19H,3-12,22H2,1-2H3/b23-14-/t13?,15-,16-,19-,20-,21-/m0/s1. The second-order valence-corrected chi connectivity index (χ2v) is 9.51. The van der Waals surface area contributed by atoms with Crippen LogP contribution in [0.5, 0.6) is 0 Å². The molecule has 144 valence electrons. The van der Waals surface area contributed by atoms with Crippen molar-refractivity contribution in [3.63, 3.8) is 0 Å². The van der Waals surface area contributed by atoms with E-state index in [0.717, 1.165) is 44.2 Å². The highest BCUT2D eigenvalue weighted by Gasteiger charge is 2.62. The van der Waals surface area contributed by atoms with Gasteiger partial charge in [-0.15, -0.1) is 0 Å². The number of oxime groups is 1. The van der Waals surface area contributed by atoms with Gasteiger partial charge in [0, 0.05) is 30.7 Å². The van der Waals surface area contributed by atoms with Crippen molar-refractivity contribution in [1.82, 2.24) is 0 Å². The highest BCUT2D eigenvalue weighted by atomic mass is 16.6. The summed E-state index contributed by atoms with van der Waals surface area (Å²) in [6.45, 7) is 5.45. The number of ketones is 2. The van der Waals surface area contributed by atoms with Gasteiger partial charge in [0.1, 0.15) is 18.2 Å². The molecule has 0 aliphatic heterocycles. The summed E-state index contributed by atoms with van der Waals surface area (Å²) in [6.07, 6.45) is 7.14. The zero-order valence-electron chi connectivity index (χ0n) is 16.1. The fourth-order valence-corrected chi connectivity index (χ4v) is 6.78. The molecule has 5 nitrogen and oxygen atoms in total. The summed E-state index contributed by atoms with van der Waals surface area (Å²) in [6, 6.07) is 0. The topological polar surface area (TPSA) is 81.8 Å². The van der Waals surface area contributed by atoms with Crippen LogP contribution in [0.4, 0.5) is 0 Å². The van der Waals surface area contributed by atoms with Crippen LogP contribution in [0.15, 0.2) is 5.16 Å². The van der Waals surface area contributed by atoms with Gasteiger partial charge in [0.25, 0.3) is 0 Å². The first-order valence-electron chi connectivity index (χ1n) is 10.3. The minimum absolute atomic E-state index is 0.105. The summed E-state index contributed by atoms with van der Waals surface area (Å²) >= 11 is 0. The van der Waals surface area contributed by atoms with Crippen molar-refractivity contribution >= 4 is 17.3 Å². The predicted octanol–water partition coefficient (Wildman–Crippen LogP) is 3.11. The number of nitrogens with two attached hydrogens (primary N) is 1. The molecule has 6 atom stereocenters. The van der Waals surface area contributed by atoms with Gasteiger partial charge in [0.15, 0.2) is 0 Å². The summed E-state index contributed by atoms with van der Waals surface area (Å²) in [7, 11) is 0. The van der Waals surface area contributed by atoms with E-state index in [9.17, 15) is 9.59 Å². The Morgan fingerprint density at radius 2 is 1.92 bits per heavy atom.